The molecule has 2 aliphatic heterocycles. The third-order valence-electron chi connectivity index (χ3n) is 5.52. The Kier molecular flexibility index (Phi) is 4.56. The van der Waals surface area contributed by atoms with Gasteiger partial charge in [0, 0.05) is 12.2 Å². The molecule has 4 amide bonds. The first-order valence-corrected chi connectivity index (χ1v) is 9.31. The largest absolute Gasteiger partial charge is 0.416 e. The van der Waals surface area contributed by atoms with Gasteiger partial charge in [0.15, 0.2) is 0 Å². The van der Waals surface area contributed by atoms with Crippen molar-refractivity contribution in [2.24, 2.45) is 0 Å². The lowest BCUT2D eigenvalue weighted by Crippen LogP contribution is -2.44. The van der Waals surface area contributed by atoms with Crippen molar-refractivity contribution in [1.82, 2.24) is 10.2 Å². The molecule has 0 spiro atoms. The fraction of sp³-hybridized carbons (Fsp3) is 0.286. The zero-order valence-electron chi connectivity index (χ0n) is 16.0. The molecular weight excluding hydrogens is 399 g/mol. The topological polar surface area (TPSA) is 69.7 Å². The Morgan fingerprint density at radius 1 is 1.13 bits per heavy atom. The lowest BCUT2D eigenvalue weighted by molar-refractivity contribution is -0.138. The summed E-state index contributed by atoms with van der Waals surface area (Å²) in [4.78, 5) is 40.5. The van der Waals surface area contributed by atoms with Gasteiger partial charge in [0.2, 0.25) is 5.91 Å². The van der Waals surface area contributed by atoms with E-state index in [2.05, 4.69) is 5.32 Å². The van der Waals surface area contributed by atoms with Gasteiger partial charge >= 0.3 is 12.2 Å². The van der Waals surface area contributed by atoms with Crippen LogP contribution in [0.15, 0.2) is 48.5 Å². The van der Waals surface area contributed by atoms with E-state index >= 15 is 0 Å². The summed E-state index contributed by atoms with van der Waals surface area (Å²) in [7, 11) is 0. The van der Waals surface area contributed by atoms with Crippen LogP contribution in [0.5, 0.6) is 0 Å². The molecule has 4 rings (SSSR count). The molecule has 1 saturated heterocycles. The number of hydrogen-bond acceptors (Lipinski definition) is 3. The van der Waals surface area contributed by atoms with Crippen LogP contribution < -0.4 is 10.2 Å². The maximum Gasteiger partial charge on any atom is 0.416 e. The van der Waals surface area contributed by atoms with E-state index in [1.807, 2.05) is 12.1 Å². The molecule has 1 atom stereocenters. The van der Waals surface area contributed by atoms with Crippen LogP contribution in [0, 0.1) is 0 Å². The van der Waals surface area contributed by atoms with Crippen molar-refractivity contribution in [1.29, 1.82) is 0 Å². The van der Waals surface area contributed by atoms with Crippen molar-refractivity contribution in [3.05, 3.63) is 65.2 Å². The van der Waals surface area contributed by atoms with E-state index in [1.54, 1.807) is 12.1 Å². The average Bonchev–Trinajstić information content (AvgIpc) is 3.23. The molecule has 1 N–H and O–H groups in total. The summed E-state index contributed by atoms with van der Waals surface area (Å²) in [6.45, 7) is 1.28. The van der Waals surface area contributed by atoms with Crippen LogP contribution in [-0.2, 0) is 27.7 Å². The highest BCUT2D eigenvalue weighted by molar-refractivity contribution is 6.10. The number of hydrogen-bond donors (Lipinski definition) is 1. The molecule has 0 aromatic heterocycles. The number of benzene rings is 2. The summed E-state index contributed by atoms with van der Waals surface area (Å²) >= 11 is 0. The number of para-hydroxylation sites is 1. The minimum atomic E-state index is -4.59. The van der Waals surface area contributed by atoms with Crippen LogP contribution in [0.2, 0.25) is 0 Å². The third kappa shape index (κ3) is 3.20. The number of fused-ring (bicyclic) bond motifs is 1. The molecule has 6 nitrogen and oxygen atoms in total. The molecule has 0 saturated carbocycles. The average molecular weight is 417 g/mol. The van der Waals surface area contributed by atoms with Crippen LogP contribution in [0.25, 0.3) is 0 Å². The molecule has 156 valence electrons. The molecule has 2 aromatic carbocycles. The number of carbonyl (C=O) groups excluding carboxylic acids is 3. The molecule has 30 heavy (non-hydrogen) atoms. The SMILES string of the molecule is C[C@@]1(c2cccc(C(F)(F)F)c2)NC(=O)N(CC(=O)N2CCc3ccccc32)C1=O. The fourth-order valence-electron chi connectivity index (χ4n) is 3.86. The Hall–Kier alpha value is -3.36. The first-order chi connectivity index (χ1) is 14.1. The summed E-state index contributed by atoms with van der Waals surface area (Å²) in [6.07, 6.45) is -3.92. The first-order valence-electron chi connectivity index (χ1n) is 9.31. The zero-order valence-corrected chi connectivity index (χ0v) is 16.0. The van der Waals surface area contributed by atoms with Crippen molar-refractivity contribution >= 4 is 23.5 Å². The fourth-order valence-corrected chi connectivity index (χ4v) is 3.86. The molecule has 2 aliphatic rings. The Morgan fingerprint density at radius 3 is 2.60 bits per heavy atom. The second-order valence-corrected chi connectivity index (χ2v) is 7.45. The summed E-state index contributed by atoms with van der Waals surface area (Å²) < 4.78 is 39.2. The number of nitrogens with zero attached hydrogens (tertiary/aromatic N) is 2. The van der Waals surface area contributed by atoms with Crippen molar-refractivity contribution in [3.63, 3.8) is 0 Å². The number of rotatable bonds is 3. The van der Waals surface area contributed by atoms with Crippen molar-refractivity contribution in [2.75, 3.05) is 18.0 Å². The van der Waals surface area contributed by atoms with E-state index in [9.17, 15) is 27.6 Å². The van der Waals surface area contributed by atoms with Crippen LogP contribution in [0.1, 0.15) is 23.6 Å². The van der Waals surface area contributed by atoms with E-state index in [1.165, 1.54) is 24.0 Å². The van der Waals surface area contributed by atoms with Gasteiger partial charge in [0.1, 0.15) is 12.1 Å². The lowest BCUT2D eigenvalue weighted by Gasteiger charge is -2.24. The predicted molar refractivity (Wildman–Crippen MR) is 102 cm³/mol. The number of alkyl halides is 3. The molecule has 0 unspecified atom stereocenters. The van der Waals surface area contributed by atoms with Gasteiger partial charge in [-0.1, -0.05) is 30.3 Å². The maximum atomic E-state index is 13.1. The number of imide groups is 1. The van der Waals surface area contributed by atoms with Gasteiger partial charge in [0.25, 0.3) is 5.91 Å². The monoisotopic (exact) mass is 417 g/mol. The summed E-state index contributed by atoms with van der Waals surface area (Å²) in [5, 5.41) is 2.44. The van der Waals surface area contributed by atoms with E-state index in [4.69, 9.17) is 0 Å². The highest BCUT2D eigenvalue weighted by Gasteiger charge is 2.50. The Balaban J connectivity index is 1.57. The van der Waals surface area contributed by atoms with Gasteiger partial charge in [-0.3, -0.25) is 14.5 Å². The van der Waals surface area contributed by atoms with Crippen LogP contribution in [-0.4, -0.2) is 35.8 Å². The van der Waals surface area contributed by atoms with E-state index in [-0.39, 0.29) is 5.56 Å². The minimum Gasteiger partial charge on any atom is -0.319 e. The van der Waals surface area contributed by atoms with Gasteiger partial charge in [-0.2, -0.15) is 13.2 Å². The van der Waals surface area contributed by atoms with Gasteiger partial charge < -0.3 is 10.2 Å². The van der Waals surface area contributed by atoms with Crippen LogP contribution >= 0.6 is 0 Å². The van der Waals surface area contributed by atoms with E-state index in [0.29, 0.717) is 13.0 Å². The lowest BCUT2D eigenvalue weighted by atomic mass is 9.90. The quantitative estimate of drug-likeness (QED) is 0.781. The van der Waals surface area contributed by atoms with Gasteiger partial charge in [-0.25, -0.2) is 4.79 Å². The highest BCUT2D eigenvalue weighted by atomic mass is 19.4. The number of halogens is 3. The Bertz CT molecular complexity index is 1050. The second kappa shape index (κ2) is 6.86. The van der Waals surface area contributed by atoms with Crippen LogP contribution in [0.4, 0.5) is 23.7 Å². The smallest absolute Gasteiger partial charge is 0.319 e. The van der Waals surface area contributed by atoms with Crippen molar-refractivity contribution in [3.8, 4) is 0 Å². The molecule has 0 aliphatic carbocycles. The maximum absolute atomic E-state index is 13.1. The van der Waals surface area contributed by atoms with E-state index in [0.717, 1.165) is 28.3 Å². The van der Waals surface area contributed by atoms with Gasteiger partial charge in [-0.05, 0) is 42.7 Å². The Labute approximate surface area is 170 Å². The number of anilines is 1. The molecule has 2 aromatic rings. The van der Waals surface area contributed by atoms with E-state index < -0.39 is 41.7 Å². The van der Waals surface area contributed by atoms with Crippen molar-refractivity contribution < 1.29 is 27.6 Å². The molecule has 2 heterocycles. The molecular formula is C21H18F3N3O3. The predicted octanol–water partition coefficient (Wildman–Crippen LogP) is 3.06. The third-order valence-corrected chi connectivity index (χ3v) is 5.52. The Morgan fingerprint density at radius 2 is 1.87 bits per heavy atom. The van der Waals surface area contributed by atoms with Crippen LogP contribution in [0.3, 0.4) is 0 Å². The van der Waals surface area contributed by atoms with Gasteiger partial charge in [-0.15, -0.1) is 0 Å². The van der Waals surface area contributed by atoms with Crippen molar-refractivity contribution in [2.45, 2.75) is 25.1 Å². The summed E-state index contributed by atoms with van der Waals surface area (Å²) in [5.41, 5.74) is -0.891. The highest BCUT2D eigenvalue weighted by Crippen LogP contribution is 2.35. The molecule has 9 heteroatoms. The number of urea groups is 1. The molecule has 1 fully saturated rings. The number of nitrogens with one attached hydrogen (secondary N) is 1. The number of carbonyl (C=O) groups is 3. The first kappa shape index (κ1) is 19.9. The normalized spacial score (nSPS) is 21.1. The molecule has 0 radical (unpaired) electrons. The second-order valence-electron chi connectivity index (χ2n) is 7.45. The number of amides is 4. The van der Waals surface area contributed by atoms with Gasteiger partial charge in [0.05, 0.1) is 5.56 Å². The minimum absolute atomic E-state index is 0.00265. The summed E-state index contributed by atoms with van der Waals surface area (Å²) in [6, 6.07) is 10.8. The molecule has 0 bridgehead atoms. The zero-order chi connectivity index (χ0) is 21.7. The summed E-state index contributed by atoms with van der Waals surface area (Å²) in [5.74, 6) is -1.20. The standard InChI is InChI=1S/C21H18F3N3O3/c1-20(14-6-4-7-15(11-14)21(22,23)24)18(29)27(19(30)25-20)12-17(28)26-10-9-13-5-2-3-8-16(13)26/h2-8,11H,9-10,12H2,1H3,(H,25,30)/t20-/m0/s1.